The maximum Gasteiger partial charge on any atom is 0.162 e. The number of halogens is 2. The molecule has 0 radical (unpaired) electrons. The maximum absolute atomic E-state index is 10.1. The molecule has 1 fully saturated rings. The first kappa shape index (κ1) is 23.4. The number of hydrogen-bond donors (Lipinski definition) is 3. The van der Waals surface area contributed by atoms with Crippen LogP contribution in [0.2, 0.25) is 0 Å². The Morgan fingerprint density at radius 2 is 1.15 bits per heavy atom. The summed E-state index contributed by atoms with van der Waals surface area (Å²) in [5, 5.41) is 29.8. The van der Waals surface area contributed by atoms with Gasteiger partial charge in [0.15, 0.2) is 12.1 Å². The minimum atomic E-state index is -0.502. The van der Waals surface area contributed by atoms with Crippen LogP contribution < -0.4 is 9.47 Å². The second-order valence-corrected chi connectivity index (χ2v) is 8.75. The lowest BCUT2D eigenvalue weighted by Gasteiger charge is -2.42. The topological polar surface area (TPSA) is 79.2 Å². The third kappa shape index (κ3) is 4.80. The number of ether oxygens (including phenoxy) is 2. The van der Waals surface area contributed by atoms with Crippen molar-refractivity contribution in [3.63, 3.8) is 0 Å². The highest BCUT2D eigenvalue weighted by molar-refractivity contribution is 6.17. The van der Waals surface area contributed by atoms with Gasteiger partial charge in [0.2, 0.25) is 0 Å². The first-order chi connectivity index (χ1) is 16.0. The zero-order chi connectivity index (χ0) is 23.4. The SMILES string of the molecule is Oc1ccc(C2CCC(c3ccc(O)cc3OCCl)(c3ccc(O)cc3OCCl)CC2)cc1. The van der Waals surface area contributed by atoms with E-state index in [4.69, 9.17) is 32.7 Å². The average molecular weight is 489 g/mol. The Morgan fingerprint density at radius 1 is 0.697 bits per heavy atom. The lowest BCUT2D eigenvalue weighted by atomic mass is 9.61. The number of alkyl halides is 2. The normalized spacial score (nSPS) is 15.8. The summed E-state index contributed by atoms with van der Waals surface area (Å²) in [6.07, 6.45) is 3.30. The summed E-state index contributed by atoms with van der Waals surface area (Å²) in [5.41, 5.74) is 2.48. The van der Waals surface area contributed by atoms with Crippen molar-refractivity contribution >= 4 is 23.2 Å². The van der Waals surface area contributed by atoms with Gasteiger partial charge in [0, 0.05) is 28.7 Å². The fraction of sp³-hybridized carbons (Fsp3) is 0.308. The second kappa shape index (κ2) is 10.0. The smallest absolute Gasteiger partial charge is 0.162 e. The van der Waals surface area contributed by atoms with Crippen LogP contribution in [0.15, 0.2) is 60.7 Å². The van der Waals surface area contributed by atoms with Gasteiger partial charge in [0.25, 0.3) is 0 Å². The fourth-order valence-electron chi connectivity index (χ4n) is 5.04. The van der Waals surface area contributed by atoms with Crippen LogP contribution in [-0.4, -0.2) is 27.5 Å². The molecule has 0 amide bonds. The molecule has 0 atom stereocenters. The van der Waals surface area contributed by atoms with E-state index in [9.17, 15) is 15.3 Å². The molecule has 3 aromatic rings. The van der Waals surface area contributed by atoms with Crippen LogP contribution in [-0.2, 0) is 5.41 Å². The molecule has 33 heavy (non-hydrogen) atoms. The first-order valence-electron chi connectivity index (χ1n) is 10.8. The van der Waals surface area contributed by atoms with Crippen molar-refractivity contribution in [3.8, 4) is 28.7 Å². The molecule has 5 nitrogen and oxygen atoms in total. The number of phenols is 3. The molecule has 0 aliphatic heterocycles. The molecule has 0 spiro atoms. The second-order valence-electron chi connectivity index (χ2n) is 8.32. The lowest BCUT2D eigenvalue weighted by molar-refractivity contribution is 0.286. The van der Waals surface area contributed by atoms with Crippen molar-refractivity contribution in [3.05, 3.63) is 77.4 Å². The highest BCUT2D eigenvalue weighted by Gasteiger charge is 2.42. The van der Waals surface area contributed by atoms with Gasteiger partial charge in [-0.05, 0) is 61.4 Å². The molecule has 0 aromatic heterocycles. The predicted octanol–water partition coefficient (Wildman–Crippen LogP) is 6.60. The molecule has 0 heterocycles. The lowest BCUT2D eigenvalue weighted by Crippen LogP contribution is -2.33. The standard InChI is InChI=1S/C26H26Cl2O5/c27-15-32-24-13-20(30)5-7-22(24)26(23-8-6-21(31)14-25(23)33-16-28)11-9-18(10-12-26)17-1-3-19(29)4-2-17/h1-8,13-14,18,29-31H,9-12,15-16H2. The summed E-state index contributed by atoms with van der Waals surface area (Å²) in [6.45, 7) is 0. The predicted molar refractivity (Wildman–Crippen MR) is 129 cm³/mol. The van der Waals surface area contributed by atoms with E-state index in [2.05, 4.69) is 0 Å². The summed E-state index contributed by atoms with van der Waals surface area (Å²) >= 11 is 11.8. The quantitative estimate of drug-likeness (QED) is 0.326. The van der Waals surface area contributed by atoms with Gasteiger partial charge in [-0.2, -0.15) is 0 Å². The molecule has 3 aromatic carbocycles. The van der Waals surface area contributed by atoms with Crippen molar-refractivity contribution in [2.45, 2.75) is 37.0 Å². The van der Waals surface area contributed by atoms with Crippen molar-refractivity contribution in [2.75, 3.05) is 12.1 Å². The molecule has 1 aliphatic carbocycles. The van der Waals surface area contributed by atoms with Crippen LogP contribution in [0.4, 0.5) is 0 Å². The van der Waals surface area contributed by atoms with Gasteiger partial charge >= 0.3 is 0 Å². The molecule has 4 rings (SSSR count). The van der Waals surface area contributed by atoms with E-state index in [1.165, 1.54) is 5.56 Å². The summed E-state index contributed by atoms with van der Waals surface area (Å²) in [6, 6.07) is 17.5. The van der Waals surface area contributed by atoms with E-state index in [0.29, 0.717) is 17.4 Å². The molecule has 174 valence electrons. The number of aromatic hydroxyl groups is 3. The van der Waals surface area contributed by atoms with E-state index in [0.717, 1.165) is 36.8 Å². The Balaban J connectivity index is 1.81. The van der Waals surface area contributed by atoms with E-state index in [1.807, 2.05) is 24.3 Å². The molecule has 0 saturated heterocycles. The van der Waals surface area contributed by atoms with Crippen LogP contribution >= 0.6 is 23.2 Å². The van der Waals surface area contributed by atoms with Gasteiger partial charge < -0.3 is 24.8 Å². The number of hydrogen-bond acceptors (Lipinski definition) is 5. The van der Waals surface area contributed by atoms with Crippen LogP contribution in [0.5, 0.6) is 28.7 Å². The number of benzene rings is 3. The van der Waals surface area contributed by atoms with Crippen LogP contribution in [0.1, 0.15) is 48.3 Å². The third-order valence-electron chi connectivity index (χ3n) is 6.59. The molecule has 3 N–H and O–H groups in total. The minimum absolute atomic E-state index is 0.0523. The van der Waals surface area contributed by atoms with Gasteiger partial charge in [-0.3, -0.25) is 0 Å². The molecule has 0 unspecified atom stereocenters. The number of phenolic OH excluding ortho intramolecular Hbond substituents is 3. The Morgan fingerprint density at radius 3 is 1.61 bits per heavy atom. The van der Waals surface area contributed by atoms with Gasteiger partial charge in [0.1, 0.15) is 28.7 Å². The van der Waals surface area contributed by atoms with Gasteiger partial charge in [-0.15, -0.1) is 0 Å². The fourth-order valence-corrected chi connectivity index (χ4v) is 5.28. The molecule has 1 saturated carbocycles. The molecular weight excluding hydrogens is 463 g/mol. The highest BCUT2D eigenvalue weighted by atomic mass is 35.5. The van der Waals surface area contributed by atoms with E-state index in [1.54, 1.807) is 36.4 Å². The van der Waals surface area contributed by atoms with E-state index >= 15 is 0 Å². The Hall–Kier alpha value is -2.76. The molecule has 1 aliphatic rings. The molecule has 0 bridgehead atoms. The van der Waals surface area contributed by atoms with Crippen molar-refractivity contribution in [1.29, 1.82) is 0 Å². The van der Waals surface area contributed by atoms with Crippen molar-refractivity contribution in [1.82, 2.24) is 0 Å². The van der Waals surface area contributed by atoms with Crippen LogP contribution in [0.3, 0.4) is 0 Å². The van der Waals surface area contributed by atoms with Crippen molar-refractivity contribution < 1.29 is 24.8 Å². The zero-order valence-corrected chi connectivity index (χ0v) is 19.5. The monoisotopic (exact) mass is 488 g/mol. The Kier molecular flexibility index (Phi) is 7.11. The van der Waals surface area contributed by atoms with Gasteiger partial charge in [0.05, 0.1) is 0 Å². The van der Waals surface area contributed by atoms with Crippen LogP contribution in [0, 0.1) is 0 Å². The van der Waals surface area contributed by atoms with E-state index in [-0.39, 0.29) is 29.4 Å². The third-order valence-corrected chi connectivity index (χ3v) is 6.80. The first-order valence-corrected chi connectivity index (χ1v) is 11.9. The zero-order valence-electron chi connectivity index (χ0n) is 18.0. The summed E-state index contributed by atoms with van der Waals surface area (Å²) < 4.78 is 11.5. The minimum Gasteiger partial charge on any atom is -0.508 e. The summed E-state index contributed by atoms with van der Waals surface area (Å²) in [5.74, 6) is 1.80. The summed E-state index contributed by atoms with van der Waals surface area (Å²) in [7, 11) is 0. The Bertz CT molecular complexity index is 1030. The summed E-state index contributed by atoms with van der Waals surface area (Å²) in [4.78, 5) is 0. The largest absolute Gasteiger partial charge is 0.508 e. The average Bonchev–Trinajstić information content (AvgIpc) is 2.80. The maximum atomic E-state index is 10.1. The Labute approximate surface area is 203 Å². The molecular formula is C26H26Cl2O5. The van der Waals surface area contributed by atoms with Gasteiger partial charge in [-0.25, -0.2) is 0 Å². The van der Waals surface area contributed by atoms with Crippen molar-refractivity contribution in [2.24, 2.45) is 0 Å². The number of rotatable bonds is 7. The van der Waals surface area contributed by atoms with Crippen LogP contribution in [0.25, 0.3) is 0 Å². The highest BCUT2D eigenvalue weighted by Crippen LogP contribution is 2.54. The molecule has 7 heteroatoms. The van der Waals surface area contributed by atoms with E-state index < -0.39 is 5.41 Å². The van der Waals surface area contributed by atoms with Gasteiger partial charge in [-0.1, -0.05) is 47.5 Å².